The summed E-state index contributed by atoms with van der Waals surface area (Å²) in [5.41, 5.74) is 0. The van der Waals surface area contributed by atoms with E-state index in [0.29, 0.717) is 0 Å². The van der Waals surface area contributed by atoms with Crippen LogP contribution in [-0.4, -0.2) is 38.0 Å². The number of hydrogen-bond acceptors (Lipinski definition) is 3. The maximum Gasteiger partial charge on any atom is 0.490 e. The molecule has 1 heterocycles. The number of aliphatic carboxylic acids is 1. The molecule has 0 unspecified atom stereocenters. The highest BCUT2D eigenvalue weighted by Crippen LogP contribution is 2.13. The first-order valence-corrected chi connectivity index (χ1v) is 3.26. The zero-order chi connectivity index (χ0) is 12.1. The van der Waals surface area contributed by atoms with E-state index in [0.717, 1.165) is 4.57 Å². The standard InChI is InChI=1S/C4H4N2O2.C2HF3O2/c7-4(8)6-2-1-5-3-6;3-2(4,5)1(6)7/h1-3H,(H,7,8);(H,6,7). The Labute approximate surface area is 80.6 Å². The fourth-order valence-electron chi connectivity index (χ4n) is 0.372. The molecule has 6 nitrogen and oxygen atoms in total. The van der Waals surface area contributed by atoms with Crippen LogP contribution in [0, 0.1) is 0 Å². The Balaban J connectivity index is 0.000000265. The lowest BCUT2D eigenvalue weighted by Gasteiger charge is -1.93. The zero-order valence-corrected chi connectivity index (χ0v) is 6.97. The van der Waals surface area contributed by atoms with Gasteiger partial charge in [-0.1, -0.05) is 0 Å². The third-order valence-corrected chi connectivity index (χ3v) is 0.968. The molecular weight excluding hydrogens is 221 g/mol. The third kappa shape index (κ3) is 5.29. The molecule has 0 aliphatic heterocycles. The summed E-state index contributed by atoms with van der Waals surface area (Å²) in [6.45, 7) is 0. The summed E-state index contributed by atoms with van der Waals surface area (Å²) in [4.78, 5) is 22.4. The molecule has 0 saturated heterocycles. The first-order chi connectivity index (χ1) is 6.75. The van der Waals surface area contributed by atoms with Crippen molar-refractivity contribution in [3.63, 3.8) is 0 Å². The number of halogens is 3. The highest BCUT2D eigenvalue weighted by Gasteiger charge is 2.38. The predicted molar refractivity (Wildman–Crippen MR) is 39.3 cm³/mol. The second kappa shape index (κ2) is 4.98. The van der Waals surface area contributed by atoms with Crippen LogP contribution in [0.2, 0.25) is 0 Å². The zero-order valence-electron chi connectivity index (χ0n) is 6.97. The van der Waals surface area contributed by atoms with E-state index in [-0.39, 0.29) is 0 Å². The van der Waals surface area contributed by atoms with Crippen molar-refractivity contribution in [2.45, 2.75) is 6.18 Å². The Morgan fingerprint density at radius 1 is 1.27 bits per heavy atom. The van der Waals surface area contributed by atoms with Crippen molar-refractivity contribution >= 4 is 12.1 Å². The topological polar surface area (TPSA) is 92.4 Å². The Hall–Kier alpha value is -2.06. The van der Waals surface area contributed by atoms with E-state index in [1.807, 2.05) is 0 Å². The van der Waals surface area contributed by atoms with E-state index >= 15 is 0 Å². The van der Waals surface area contributed by atoms with E-state index < -0.39 is 18.2 Å². The molecule has 2 N–H and O–H groups in total. The number of imidazole rings is 1. The summed E-state index contributed by atoms with van der Waals surface area (Å²) in [5, 5.41) is 15.3. The molecule has 84 valence electrons. The maximum atomic E-state index is 10.6. The van der Waals surface area contributed by atoms with Gasteiger partial charge >= 0.3 is 18.2 Å². The van der Waals surface area contributed by atoms with Crippen LogP contribution in [0.25, 0.3) is 0 Å². The summed E-state index contributed by atoms with van der Waals surface area (Å²) >= 11 is 0. The molecule has 0 spiro atoms. The van der Waals surface area contributed by atoms with Crippen LogP contribution in [0.1, 0.15) is 0 Å². The van der Waals surface area contributed by atoms with Crippen LogP contribution < -0.4 is 0 Å². The lowest BCUT2D eigenvalue weighted by molar-refractivity contribution is -0.192. The van der Waals surface area contributed by atoms with Gasteiger partial charge in [-0.15, -0.1) is 0 Å². The van der Waals surface area contributed by atoms with Gasteiger partial charge in [-0.2, -0.15) is 13.2 Å². The van der Waals surface area contributed by atoms with Gasteiger partial charge in [0.25, 0.3) is 0 Å². The average molecular weight is 226 g/mol. The number of alkyl halides is 3. The Morgan fingerprint density at radius 3 is 1.87 bits per heavy atom. The van der Waals surface area contributed by atoms with Gasteiger partial charge in [0.2, 0.25) is 0 Å². The molecule has 0 aliphatic carbocycles. The normalized spacial score (nSPS) is 10.1. The number of nitrogens with zero attached hydrogens (tertiary/aromatic N) is 2. The lowest BCUT2D eigenvalue weighted by atomic mass is 10.7. The highest BCUT2D eigenvalue weighted by atomic mass is 19.4. The Morgan fingerprint density at radius 2 is 1.73 bits per heavy atom. The molecular formula is C6H5F3N2O4. The van der Waals surface area contributed by atoms with E-state index in [9.17, 15) is 18.0 Å². The summed E-state index contributed by atoms with van der Waals surface area (Å²) in [5.74, 6) is -2.76. The van der Waals surface area contributed by atoms with Gasteiger partial charge in [-0.25, -0.2) is 19.1 Å². The smallest absolute Gasteiger partial charge is 0.475 e. The van der Waals surface area contributed by atoms with Crippen molar-refractivity contribution in [2.24, 2.45) is 0 Å². The van der Waals surface area contributed by atoms with Crippen molar-refractivity contribution in [3.8, 4) is 0 Å². The quantitative estimate of drug-likeness (QED) is 0.689. The molecule has 0 radical (unpaired) electrons. The maximum absolute atomic E-state index is 10.6. The van der Waals surface area contributed by atoms with E-state index in [4.69, 9.17) is 15.0 Å². The van der Waals surface area contributed by atoms with E-state index in [2.05, 4.69) is 4.98 Å². The minimum atomic E-state index is -5.08. The molecule has 0 amide bonds. The number of carbonyl (C=O) groups is 2. The highest BCUT2D eigenvalue weighted by molar-refractivity contribution is 5.73. The van der Waals surface area contributed by atoms with Gasteiger partial charge in [0.15, 0.2) is 0 Å². The molecule has 0 aliphatic rings. The predicted octanol–water partition coefficient (Wildman–Crippen LogP) is 1.04. The third-order valence-electron chi connectivity index (χ3n) is 0.968. The van der Waals surface area contributed by atoms with Crippen molar-refractivity contribution in [2.75, 3.05) is 0 Å². The van der Waals surface area contributed by atoms with Gasteiger partial charge < -0.3 is 10.2 Å². The summed E-state index contributed by atoms with van der Waals surface area (Å²) in [6.07, 6.45) is -2.10. The largest absolute Gasteiger partial charge is 0.490 e. The molecule has 0 aromatic carbocycles. The van der Waals surface area contributed by atoms with Crippen LogP contribution in [0.15, 0.2) is 18.7 Å². The molecule has 15 heavy (non-hydrogen) atoms. The van der Waals surface area contributed by atoms with Gasteiger partial charge in [-0.3, -0.25) is 0 Å². The van der Waals surface area contributed by atoms with Crippen LogP contribution in [0.4, 0.5) is 18.0 Å². The van der Waals surface area contributed by atoms with Gasteiger partial charge in [0.1, 0.15) is 6.33 Å². The van der Waals surface area contributed by atoms with Gasteiger partial charge in [-0.05, 0) is 0 Å². The number of carboxylic acids is 1. The van der Waals surface area contributed by atoms with Crippen LogP contribution in [-0.2, 0) is 4.79 Å². The minimum absolute atomic E-state index is 0.972. The van der Waals surface area contributed by atoms with Gasteiger partial charge in [0, 0.05) is 12.4 Å². The first-order valence-electron chi connectivity index (χ1n) is 3.26. The van der Waals surface area contributed by atoms with Crippen molar-refractivity contribution in [1.82, 2.24) is 9.55 Å². The summed E-state index contributed by atoms with van der Waals surface area (Å²) in [6, 6.07) is 0. The Kier molecular flexibility index (Phi) is 4.30. The monoisotopic (exact) mass is 226 g/mol. The van der Waals surface area contributed by atoms with Crippen molar-refractivity contribution in [3.05, 3.63) is 18.7 Å². The van der Waals surface area contributed by atoms with Gasteiger partial charge in [0.05, 0.1) is 0 Å². The fraction of sp³-hybridized carbons (Fsp3) is 0.167. The lowest BCUT2D eigenvalue weighted by Crippen LogP contribution is -2.21. The molecule has 1 aromatic rings. The average Bonchev–Trinajstić information content (AvgIpc) is 2.54. The van der Waals surface area contributed by atoms with Crippen LogP contribution >= 0.6 is 0 Å². The Bertz CT molecular complexity index is 333. The SMILES string of the molecule is O=C(O)C(F)(F)F.O=C(O)n1ccnc1. The summed E-state index contributed by atoms with van der Waals surface area (Å²) < 4.78 is 32.7. The van der Waals surface area contributed by atoms with Crippen molar-refractivity contribution < 1.29 is 33.0 Å². The van der Waals surface area contributed by atoms with Crippen LogP contribution in [0.3, 0.4) is 0 Å². The second-order valence-corrected chi connectivity index (χ2v) is 2.06. The molecule has 9 heteroatoms. The molecule has 0 saturated carbocycles. The molecule has 0 fully saturated rings. The van der Waals surface area contributed by atoms with Crippen LogP contribution in [0.5, 0.6) is 0 Å². The molecule has 1 rings (SSSR count). The number of hydrogen-bond donors (Lipinski definition) is 2. The number of rotatable bonds is 0. The summed E-state index contributed by atoms with van der Waals surface area (Å²) in [7, 11) is 0. The minimum Gasteiger partial charge on any atom is -0.475 e. The number of aromatic nitrogens is 2. The molecule has 0 atom stereocenters. The second-order valence-electron chi connectivity index (χ2n) is 2.06. The number of carboxylic acid groups (broad SMARTS) is 2. The molecule has 1 aromatic heterocycles. The van der Waals surface area contributed by atoms with E-state index in [1.165, 1.54) is 18.7 Å². The molecule has 0 bridgehead atoms. The fourth-order valence-corrected chi connectivity index (χ4v) is 0.372. The first kappa shape index (κ1) is 12.9. The van der Waals surface area contributed by atoms with E-state index in [1.54, 1.807) is 0 Å². The van der Waals surface area contributed by atoms with Crippen molar-refractivity contribution in [1.29, 1.82) is 0 Å².